The summed E-state index contributed by atoms with van der Waals surface area (Å²) in [5.41, 5.74) is 6.93. The molecule has 0 heterocycles. The average Bonchev–Trinajstić information content (AvgIpc) is 2.54. The lowest BCUT2D eigenvalue weighted by Crippen LogP contribution is -2.35. The van der Waals surface area contributed by atoms with Gasteiger partial charge in [0, 0.05) is 12.2 Å². The molecule has 1 unspecified atom stereocenters. The SMILES string of the molecule is CC(OC(=O)c1ccccc1N)C(=O)NCc1ccc(F)cc1. The zero-order chi connectivity index (χ0) is 16.8. The molecule has 0 bridgehead atoms. The number of rotatable bonds is 5. The van der Waals surface area contributed by atoms with Gasteiger partial charge in [-0.2, -0.15) is 0 Å². The molecule has 0 aromatic heterocycles. The van der Waals surface area contributed by atoms with E-state index in [0.29, 0.717) is 0 Å². The molecule has 0 saturated heterocycles. The Morgan fingerprint density at radius 1 is 1.17 bits per heavy atom. The van der Waals surface area contributed by atoms with Crippen molar-refractivity contribution >= 4 is 17.6 Å². The maximum absolute atomic E-state index is 12.8. The Morgan fingerprint density at radius 3 is 2.48 bits per heavy atom. The third-order valence-corrected chi connectivity index (χ3v) is 3.21. The molecule has 0 aliphatic heterocycles. The minimum atomic E-state index is -0.970. The van der Waals surface area contributed by atoms with Gasteiger partial charge in [-0.1, -0.05) is 24.3 Å². The predicted molar refractivity (Wildman–Crippen MR) is 84.0 cm³/mol. The first kappa shape index (κ1) is 16.5. The topological polar surface area (TPSA) is 81.4 Å². The number of anilines is 1. The van der Waals surface area contributed by atoms with Crippen LogP contribution in [-0.2, 0) is 16.1 Å². The van der Waals surface area contributed by atoms with Crippen molar-refractivity contribution in [2.45, 2.75) is 19.6 Å². The van der Waals surface area contributed by atoms with Crippen LogP contribution in [0, 0.1) is 5.82 Å². The van der Waals surface area contributed by atoms with Crippen molar-refractivity contribution in [2.75, 3.05) is 5.73 Å². The largest absolute Gasteiger partial charge is 0.449 e. The van der Waals surface area contributed by atoms with E-state index in [-0.39, 0.29) is 23.6 Å². The van der Waals surface area contributed by atoms with Crippen molar-refractivity contribution in [3.05, 3.63) is 65.5 Å². The maximum Gasteiger partial charge on any atom is 0.341 e. The highest BCUT2D eigenvalue weighted by Crippen LogP contribution is 2.13. The molecule has 23 heavy (non-hydrogen) atoms. The Morgan fingerprint density at radius 2 is 1.83 bits per heavy atom. The van der Waals surface area contributed by atoms with E-state index in [4.69, 9.17) is 10.5 Å². The number of halogens is 1. The fraction of sp³-hybridized carbons (Fsp3) is 0.176. The summed E-state index contributed by atoms with van der Waals surface area (Å²) in [6.45, 7) is 1.69. The molecule has 3 N–H and O–H groups in total. The van der Waals surface area contributed by atoms with Crippen molar-refractivity contribution < 1.29 is 18.7 Å². The second-order valence-electron chi connectivity index (χ2n) is 4.98. The molecule has 2 aromatic rings. The molecule has 2 rings (SSSR count). The number of hydrogen-bond acceptors (Lipinski definition) is 4. The van der Waals surface area contributed by atoms with E-state index in [1.165, 1.54) is 25.1 Å². The van der Waals surface area contributed by atoms with Gasteiger partial charge in [0.05, 0.1) is 5.56 Å². The van der Waals surface area contributed by atoms with Gasteiger partial charge in [0.2, 0.25) is 0 Å². The summed E-state index contributed by atoms with van der Waals surface area (Å²) in [5, 5.41) is 2.62. The van der Waals surface area contributed by atoms with E-state index in [0.717, 1.165) is 5.56 Å². The van der Waals surface area contributed by atoms with Gasteiger partial charge in [0.25, 0.3) is 5.91 Å². The van der Waals surface area contributed by atoms with Gasteiger partial charge in [0.1, 0.15) is 5.82 Å². The van der Waals surface area contributed by atoms with Crippen LogP contribution in [0.3, 0.4) is 0 Å². The van der Waals surface area contributed by atoms with E-state index in [1.54, 1.807) is 30.3 Å². The molecule has 5 nitrogen and oxygen atoms in total. The highest BCUT2D eigenvalue weighted by molar-refractivity contribution is 5.96. The number of nitrogen functional groups attached to an aromatic ring is 1. The van der Waals surface area contributed by atoms with Crippen LogP contribution in [0.5, 0.6) is 0 Å². The Hall–Kier alpha value is -2.89. The monoisotopic (exact) mass is 316 g/mol. The number of ether oxygens (including phenoxy) is 1. The number of carbonyl (C=O) groups is 2. The van der Waals surface area contributed by atoms with Crippen LogP contribution in [0.4, 0.5) is 10.1 Å². The molecule has 0 fully saturated rings. The van der Waals surface area contributed by atoms with E-state index >= 15 is 0 Å². The first-order valence-corrected chi connectivity index (χ1v) is 7.05. The number of amides is 1. The molecule has 120 valence electrons. The second kappa shape index (κ2) is 7.40. The normalized spacial score (nSPS) is 11.6. The molecule has 2 aromatic carbocycles. The summed E-state index contributed by atoms with van der Waals surface area (Å²) in [4.78, 5) is 23.9. The van der Waals surface area contributed by atoms with Crippen LogP contribution in [0.15, 0.2) is 48.5 Å². The van der Waals surface area contributed by atoms with Gasteiger partial charge >= 0.3 is 5.97 Å². The number of carbonyl (C=O) groups excluding carboxylic acids is 2. The Balaban J connectivity index is 1.88. The highest BCUT2D eigenvalue weighted by Gasteiger charge is 2.19. The van der Waals surface area contributed by atoms with Gasteiger partial charge in [-0.15, -0.1) is 0 Å². The summed E-state index contributed by atoms with van der Waals surface area (Å²) in [5.74, 6) is -1.45. The van der Waals surface area contributed by atoms with Crippen LogP contribution >= 0.6 is 0 Å². The van der Waals surface area contributed by atoms with Crippen LogP contribution in [0.2, 0.25) is 0 Å². The summed E-state index contributed by atoms with van der Waals surface area (Å²) in [6.07, 6.45) is -0.970. The summed E-state index contributed by atoms with van der Waals surface area (Å²) in [6, 6.07) is 12.2. The molecule has 0 radical (unpaired) electrons. The number of nitrogens with two attached hydrogens (primary N) is 1. The van der Waals surface area contributed by atoms with Crippen molar-refractivity contribution in [1.29, 1.82) is 0 Å². The minimum Gasteiger partial charge on any atom is -0.449 e. The van der Waals surface area contributed by atoms with E-state index in [1.807, 2.05) is 0 Å². The molecule has 0 aliphatic carbocycles. The second-order valence-corrected chi connectivity index (χ2v) is 4.98. The first-order valence-electron chi connectivity index (χ1n) is 7.05. The van der Waals surface area contributed by atoms with Crippen molar-refractivity contribution in [1.82, 2.24) is 5.32 Å². The molecule has 1 atom stereocenters. The van der Waals surface area contributed by atoms with Crippen molar-refractivity contribution in [3.63, 3.8) is 0 Å². The fourth-order valence-electron chi connectivity index (χ4n) is 1.90. The molecule has 0 spiro atoms. The predicted octanol–water partition coefficient (Wildman–Crippen LogP) is 2.27. The molecule has 0 saturated carbocycles. The van der Waals surface area contributed by atoms with Gasteiger partial charge < -0.3 is 15.8 Å². The third-order valence-electron chi connectivity index (χ3n) is 3.21. The number of hydrogen-bond donors (Lipinski definition) is 2. The maximum atomic E-state index is 12.8. The van der Waals surface area contributed by atoms with Crippen molar-refractivity contribution in [3.8, 4) is 0 Å². The van der Waals surface area contributed by atoms with Gasteiger partial charge in [-0.3, -0.25) is 4.79 Å². The molecule has 1 amide bonds. The van der Waals surface area contributed by atoms with E-state index in [9.17, 15) is 14.0 Å². The molecule has 0 aliphatic rings. The van der Waals surface area contributed by atoms with Gasteiger partial charge in [-0.25, -0.2) is 9.18 Å². The summed E-state index contributed by atoms with van der Waals surface area (Å²) >= 11 is 0. The Bertz CT molecular complexity index is 701. The first-order chi connectivity index (χ1) is 11.0. The smallest absolute Gasteiger partial charge is 0.341 e. The minimum absolute atomic E-state index is 0.214. The lowest BCUT2D eigenvalue weighted by atomic mass is 10.2. The molecular formula is C17H17FN2O3. The standard InChI is InChI=1S/C17H17FN2O3/c1-11(23-17(22)14-4-2-3-5-15(14)19)16(21)20-10-12-6-8-13(18)9-7-12/h2-9,11H,10,19H2,1H3,(H,20,21). The van der Waals surface area contributed by atoms with Crippen LogP contribution in [0.25, 0.3) is 0 Å². The van der Waals surface area contributed by atoms with Crippen LogP contribution in [-0.4, -0.2) is 18.0 Å². The third kappa shape index (κ3) is 4.54. The quantitative estimate of drug-likeness (QED) is 0.655. The Kier molecular flexibility index (Phi) is 5.30. The van der Waals surface area contributed by atoms with E-state index in [2.05, 4.69) is 5.32 Å². The number of para-hydroxylation sites is 1. The number of esters is 1. The van der Waals surface area contributed by atoms with Crippen LogP contribution < -0.4 is 11.1 Å². The summed E-state index contributed by atoms with van der Waals surface area (Å²) in [7, 11) is 0. The number of nitrogens with one attached hydrogen (secondary N) is 1. The summed E-state index contributed by atoms with van der Waals surface area (Å²) < 4.78 is 17.9. The van der Waals surface area contributed by atoms with Gasteiger partial charge in [-0.05, 0) is 36.8 Å². The fourth-order valence-corrected chi connectivity index (χ4v) is 1.90. The average molecular weight is 316 g/mol. The number of benzene rings is 2. The lowest BCUT2D eigenvalue weighted by molar-refractivity contribution is -0.129. The van der Waals surface area contributed by atoms with Crippen LogP contribution in [0.1, 0.15) is 22.8 Å². The molecular weight excluding hydrogens is 299 g/mol. The van der Waals surface area contributed by atoms with E-state index < -0.39 is 18.0 Å². The zero-order valence-electron chi connectivity index (χ0n) is 12.6. The highest BCUT2D eigenvalue weighted by atomic mass is 19.1. The molecule has 6 heteroatoms. The van der Waals surface area contributed by atoms with Crippen molar-refractivity contribution in [2.24, 2.45) is 0 Å². The lowest BCUT2D eigenvalue weighted by Gasteiger charge is -2.14. The van der Waals surface area contributed by atoms with Gasteiger partial charge in [0.15, 0.2) is 6.10 Å². The zero-order valence-corrected chi connectivity index (χ0v) is 12.6. The Labute approximate surface area is 133 Å².